The molecule has 1 heterocycles. The maximum Gasteiger partial charge on any atom is 0.0526 e. The first-order valence-electron chi connectivity index (χ1n) is 6.64. The van der Waals surface area contributed by atoms with Crippen LogP contribution in [0.3, 0.4) is 0 Å². The van der Waals surface area contributed by atoms with Gasteiger partial charge in [-0.1, -0.05) is 30.6 Å². The van der Waals surface area contributed by atoms with E-state index in [-0.39, 0.29) is 6.04 Å². The van der Waals surface area contributed by atoms with Crippen molar-refractivity contribution >= 4 is 0 Å². The van der Waals surface area contributed by atoms with Crippen molar-refractivity contribution in [2.45, 2.75) is 51.5 Å². The number of rotatable bonds is 2. The molecule has 17 heavy (non-hydrogen) atoms. The van der Waals surface area contributed by atoms with Crippen LogP contribution in [0.4, 0.5) is 0 Å². The summed E-state index contributed by atoms with van der Waals surface area (Å²) in [5, 5.41) is 0. The van der Waals surface area contributed by atoms with Crippen molar-refractivity contribution in [1.29, 1.82) is 0 Å². The molecule has 2 rings (SSSR count). The van der Waals surface area contributed by atoms with Gasteiger partial charge in [0.1, 0.15) is 0 Å². The number of nitrogens with zero attached hydrogens (tertiary/aromatic N) is 1. The lowest BCUT2D eigenvalue weighted by Crippen LogP contribution is -2.14. The summed E-state index contributed by atoms with van der Waals surface area (Å²) in [5.74, 6) is 0. The number of allylic oxidation sites excluding steroid dienone is 1. The summed E-state index contributed by atoms with van der Waals surface area (Å²) in [4.78, 5) is 4.33. The number of hydrogen-bond acceptors (Lipinski definition) is 2. The summed E-state index contributed by atoms with van der Waals surface area (Å²) in [6, 6.07) is 4.19. The standard InChI is InChI=1S/C15H22N2/c1-12-9-10-14(11-17-12)15(16)13-7-5-3-2-4-6-8-13/h7,9-11,15H,2-6,8,16H2,1H3/b13-7+. The van der Waals surface area contributed by atoms with Gasteiger partial charge in [-0.3, -0.25) is 4.98 Å². The maximum atomic E-state index is 6.33. The molecule has 0 spiro atoms. The van der Waals surface area contributed by atoms with Crippen molar-refractivity contribution in [1.82, 2.24) is 4.98 Å². The van der Waals surface area contributed by atoms with Crippen molar-refractivity contribution in [2.24, 2.45) is 5.73 Å². The molecule has 0 saturated heterocycles. The molecule has 0 saturated carbocycles. The Balaban J connectivity index is 2.11. The molecule has 1 aliphatic carbocycles. The molecular weight excluding hydrogens is 208 g/mol. The molecule has 0 radical (unpaired) electrons. The molecule has 1 aromatic rings. The number of aryl methyl sites for hydroxylation is 1. The molecule has 0 fully saturated rings. The van der Waals surface area contributed by atoms with Crippen LogP contribution < -0.4 is 5.73 Å². The average Bonchev–Trinajstić information content (AvgIpc) is 2.29. The summed E-state index contributed by atoms with van der Waals surface area (Å²) in [6.45, 7) is 2.00. The number of hydrogen-bond donors (Lipinski definition) is 1. The lowest BCUT2D eigenvalue weighted by atomic mass is 9.92. The zero-order valence-corrected chi connectivity index (χ0v) is 10.7. The summed E-state index contributed by atoms with van der Waals surface area (Å²) >= 11 is 0. The van der Waals surface area contributed by atoms with Gasteiger partial charge >= 0.3 is 0 Å². The molecule has 1 aliphatic rings. The van der Waals surface area contributed by atoms with Crippen molar-refractivity contribution < 1.29 is 0 Å². The Hall–Kier alpha value is -1.15. The topological polar surface area (TPSA) is 38.9 Å². The second kappa shape index (κ2) is 5.97. The van der Waals surface area contributed by atoms with Crippen molar-refractivity contribution in [3.63, 3.8) is 0 Å². The summed E-state index contributed by atoms with van der Waals surface area (Å²) in [5.41, 5.74) is 9.92. The first kappa shape index (κ1) is 12.3. The Morgan fingerprint density at radius 2 is 2.00 bits per heavy atom. The second-order valence-corrected chi connectivity index (χ2v) is 4.94. The van der Waals surface area contributed by atoms with Crippen LogP contribution in [-0.2, 0) is 0 Å². The second-order valence-electron chi connectivity index (χ2n) is 4.94. The van der Waals surface area contributed by atoms with Gasteiger partial charge < -0.3 is 5.73 Å². The predicted octanol–water partition coefficient (Wildman–Crippen LogP) is 3.67. The minimum atomic E-state index is 0.0428. The fraction of sp³-hybridized carbons (Fsp3) is 0.533. The average molecular weight is 230 g/mol. The summed E-state index contributed by atoms with van der Waals surface area (Å²) < 4.78 is 0. The zero-order chi connectivity index (χ0) is 12.1. The van der Waals surface area contributed by atoms with Crippen LogP contribution in [0.5, 0.6) is 0 Å². The summed E-state index contributed by atoms with van der Waals surface area (Å²) in [6.07, 6.45) is 11.9. The quantitative estimate of drug-likeness (QED) is 0.787. The van der Waals surface area contributed by atoms with E-state index in [0.717, 1.165) is 17.7 Å². The monoisotopic (exact) mass is 230 g/mol. The van der Waals surface area contributed by atoms with Gasteiger partial charge in [0, 0.05) is 11.9 Å². The highest BCUT2D eigenvalue weighted by molar-refractivity contribution is 5.26. The molecular formula is C15H22N2. The normalized spacial score (nSPS) is 22.1. The first-order valence-corrected chi connectivity index (χ1v) is 6.64. The molecule has 0 aliphatic heterocycles. The zero-order valence-electron chi connectivity index (χ0n) is 10.7. The Morgan fingerprint density at radius 3 is 2.76 bits per heavy atom. The van der Waals surface area contributed by atoms with E-state index in [1.165, 1.54) is 37.7 Å². The Kier molecular flexibility index (Phi) is 4.32. The fourth-order valence-electron chi connectivity index (χ4n) is 2.38. The van der Waals surface area contributed by atoms with Gasteiger partial charge in [0.15, 0.2) is 0 Å². The van der Waals surface area contributed by atoms with E-state index in [1.807, 2.05) is 19.2 Å². The van der Waals surface area contributed by atoms with E-state index in [1.54, 1.807) is 0 Å². The third-order valence-corrected chi connectivity index (χ3v) is 3.52. The third kappa shape index (κ3) is 3.40. The van der Waals surface area contributed by atoms with Gasteiger partial charge in [-0.25, -0.2) is 0 Å². The smallest absolute Gasteiger partial charge is 0.0526 e. The van der Waals surface area contributed by atoms with E-state index in [2.05, 4.69) is 17.1 Å². The van der Waals surface area contributed by atoms with E-state index in [0.29, 0.717) is 0 Å². The molecule has 0 bridgehead atoms. The maximum absolute atomic E-state index is 6.33. The molecule has 1 atom stereocenters. The number of nitrogens with two attached hydrogens (primary N) is 1. The molecule has 1 unspecified atom stereocenters. The van der Waals surface area contributed by atoms with Crippen molar-refractivity contribution in [2.75, 3.05) is 0 Å². The van der Waals surface area contributed by atoms with E-state index < -0.39 is 0 Å². The van der Waals surface area contributed by atoms with Crippen LogP contribution in [0.2, 0.25) is 0 Å². The number of pyridine rings is 1. The highest BCUT2D eigenvalue weighted by Crippen LogP contribution is 2.26. The van der Waals surface area contributed by atoms with Crippen LogP contribution in [0, 0.1) is 6.92 Å². The Labute approximate surface area is 104 Å². The molecule has 1 aromatic heterocycles. The molecule has 0 aromatic carbocycles. The van der Waals surface area contributed by atoms with Gasteiger partial charge in [0.25, 0.3) is 0 Å². The lowest BCUT2D eigenvalue weighted by Gasteiger charge is -2.18. The molecule has 2 N–H and O–H groups in total. The minimum absolute atomic E-state index is 0.0428. The third-order valence-electron chi connectivity index (χ3n) is 3.52. The molecule has 92 valence electrons. The van der Waals surface area contributed by atoms with Crippen LogP contribution in [0.15, 0.2) is 30.0 Å². The highest BCUT2D eigenvalue weighted by Gasteiger charge is 2.12. The van der Waals surface area contributed by atoms with Gasteiger partial charge in [0.2, 0.25) is 0 Å². The number of aromatic nitrogens is 1. The van der Waals surface area contributed by atoms with Crippen molar-refractivity contribution in [3.05, 3.63) is 41.2 Å². The van der Waals surface area contributed by atoms with Crippen LogP contribution in [0.1, 0.15) is 55.8 Å². The van der Waals surface area contributed by atoms with Gasteiger partial charge in [0.05, 0.1) is 6.04 Å². The molecule has 0 amide bonds. The minimum Gasteiger partial charge on any atom is -0.320 e. The SMILES string of the molecule is Cc1ccc(C(N)/C2=C/CCCCCC2)cn1. The Bertz CT molecular complexity index is 378. The summed E-state index contributed by atoms with van der Waals surface area (Å²) in [7, 11) is 0. The molecule has 2 nitrogen and oxygen atoms in total. The molecule has 2 heteroatoms. The van der Waals surface area contributed by atoms with Crippen LogP contribution in [0.25, 0.3) is 0 Å². The fourth-order valence-corrected chi connectivity index (χ4v) is 2.38. The largest absolute Gasteiger partial charge is 0.320 e. The van der Waals surface area contributed by atoms with Gasteiger partial charge in [-0.15, -0.1) is 0 Å². The van der Waals surface area contributed by atoms with E-state index >= 15 is 0 Å². The van der Waals surface area contributed by atoms with Crippen molar-refractivity contribution in [3.8, 4) is 0 Å². The lowest BCUT2D eigenvalue weighted by molar-refractivity contribution is 0.602. The van der Waals surface area contributed by atoms with E-state index in [9.17, 15) is 0 Å². The predicted molar refractivity (Wildman–Crippen MR) is 71.7 cm³/mol. The highest BCUT2D eigenvalue weighted by atomic mass is 14.7. The van der Waals surface area contributed by atoms with E-state index in [4.69, 9.17) is 5.73 Å². The van der Waals surface area contributed by atoms with Gasteiger partial charge in [-0.2, -0.15) is 0 Å². The first-order chi connectivity index (χ1) is 8.27. The Morgan fingerprint density at radius 1 is 1.18 bits per heavy atom. The van der Waals surface area contributed by atoms with Gasteiger partial charge in [-0.05, 0) is 44.2 Å². The van der Waals surface area contributed by atoms with Crippen LogP contribution in [-0.4, -0.2) is 4.98 Å². The van der Waals surface area contributed by atoms with Crippen LogP contribution >= 0.6 is 0 Å².